The van der Waals surface area contributed by atoms with Crippen LogP contribution < -0.4 is 11.1 Å². The van der Waals surface area contributed by atoms with Crippen molar-refractivity contribution < 1.29 is 5.21 Å². The van der Waals surface area contributed by atoms with Crippen LogP contribution in [-0.2, 0) is 6.54 Å². The molecular formula is C13H17N3O. The van der Waals surface area contributed by atoms with Crippen molar-refractivity contribution in [1.82, 2.24) is 5.32 Å². The average Bonchev–Trinajstić information content (AvgIpc) is 2.36. The van der Waals surface area contributed by atoms with E-state index < -0.39 is 0 Å². The Kier molecular flexibility index (Phi) is 5.05. The topological polar surface area (TPSA) is 70.6 Å². The van der Waals surface area contributed by atoms with E-state index in [1.165, 1.54) is 0 Å². The first-order chi connectivity index (χ1) is 8.19. The zero-order valence-corrected chi connectivity index (χ0v) is 9.85. The maximum Gasteiger partial charge on any atom is 0.170 e. The van der Waals surface area contributed by atoms with Crippen LogP contribution in [0.5, 0.6) is 0 Å². The lowest BCUT2D eigenvalue weighted by molar-refractivity contribution is 0.318. The summed E-state index contributed by atoms with van der Waals surface area (Å²) < 4.78 is 0. The number of terminal acetylenes is 1. The van der Waals surface area contributed by atoms with Crippen molar-refractivity contribution >= 4 is 5.84 Å². The third-order valence-corrected chi connectivity index (χ3v) is 2.47. The van der Waals surface area contributed by atoms with Gasteiger partial charge in [-0.3, -0.25) is 0 Å². The number of hydrogen-bond acceptors (Lipinski definition) is 3. The molecule has 17 heavy (non-hydrogen) atoms. The minimum atomic E-state index is 0.118. The van der Waals surface area contributed by atoms with E-state index >= 15 is 0 Å². The zero-order valence-electron chi connectivity index (χ0n) is 9.85. The van der Waals surface area contributed by atoms with E-state index in [0.717, 1.165) is 11.1 Å². The number of hydrogen-bond donors (Lipinski definition) is 3. The Balaban J connectivity index is 2.75. The molecule has 0 aromatic heterocycles. The standard InChI is InChI=1S/C13H17N3O/c1-3-6-10(2)15-9-11-7-4-5-8-12(11)13(14)16-17/h1,4-5,7-8,10,15,17H,6,9H2,2H3,(H2,14,16). The zero-order chi connectivity index (χ0) is 12.7. The van der Waals surface area contributed by atoms with Crippen molar-refractivity contribution in [2.75, 3.05) is 0 Å². The number of oxime groups is 1. The highest BCUT2D eigenvalue weighted by molar-refractivity contribution is 5.98. The van der Waals surface area contributed by atoms with Crippen molar-refractivity contribution in [2.45, 2.75) is 25.9 Å². The molecule has 4 N–H and O–H groups in total. The highest BCUT2D eigenvalue weighted by Crippen LogP contribution is 2.08. The molecule has 1 aromatic rings. The van der Waals surface area contributed by atoms with Crippen molar-refractivity contribution in [3.05, 3.63) is 35.4 Å². The molecule has 0 spiro atoms. The Morgan fingerprint density at radius 3 is 2.94 bits per heavy atom. The lowest BCUT2D eigenvalue weighted by Crippen LogP contribution is -2.26. The quantitative estimate of drug-likeness (QED) is 0.235. The van der Waals surface area contributed by atoms with E-state index in [4.69, 9.17) is 17.4 Å². The van der Waals surface area contributed by atoms with Crippen molar-refractivity contribution in [3.8, 4) is 12.3 Å². The van der Waals surface area contributed by atoms with Gasteiger partial charge in [0.25, 0.3) is 0 Å². The molecule has 0 aliphatic carbocycles. The van der Waals surface area contributed by atoms with E-state index in [9.17, 15) is 0 Å². The summed E-state index contributed by atoms with van der Waals surface area (Å²) in [6, 6.07) is 7.75. The molecule has 0 fully saturated rings. The van der Waals surface area contributed by atoms with Gasteiger partial charge < -0.3 is 16.3 Å². The molecule has 0 aliphatic rings. The highest BCUT2D eigenvalue weighted by atomic mass is 16.4. The summed E-state index contributed by atoms with van der Waals surface area (Å²) in [6.07, 6.45) is 5.91. The number of amidine groups is 1. The van der Waals surface area contributed by atoms with E-state index in [2.05, 4.69) is 16.4 Å². The largest absolute Gasteiger partial charge is 0.409 e. The lowest BCUT2D eigenvalue weighted by atomic mass is 10.1. The number of rotatable bonds is 5. The van der Waals surface area contributed by atoms with Gasteiger partial charge in [-0.2, -0.15) is 0 Å². The second-order valence-corrected chi connectivity index (χ2v) is 3.83. The molecule has 1 unspecified atom stereocenters. The van der Waals surface area contributed by atoms with Crippen LogP contribution in [0.15, 0.2) is 29.4 Å². The second-order valence-electron chi connectivity index (χ2n) is 3.83. The van der Waals surface area contributed by atoms with Crippen LogP contribution in [0.2, 0.25) is 0 Å². The molecule has 1 atom stereocenters. The van der Waals surface area contributed by atoms with Gasteiger partial charge in [0.2, 0.25) is 0 Å². The number of nitrogens with two attached hydrogens (primary N) is 1. The molecule has 1 aromatic carbocycles. The van der Waals surface area contributed by atoms with Gasteiger partial charge in [-0.25, -0.2) is 0 Å². The van der Waals surface area contributed by atoms with Crippen LogP contribution in [-0.4, -0.2) is 17.1 Å². The van der Waals surface area contributed by atoms with Gasteiger partial charge in [-0.1, -0.05) is 29.4 Å². The summed E-state index contributed by atoms with van der Waals surface area (Å²) in [6.45, 7) is 2.65. The maximum absolute atomic E-state index is 8.69. The van der Waals surface area contributed by atoms with Crippen LogP contribution in [0.4, 0.5) is 0 Å². The molecule has 0 aliphatic heterocycles. The van der Waals surface area contributed by atoms with Crippen molar-refractivity contribution in [3.63, 3.8) is 0 Å². The van der Waals surface area contributed by atoms with Crippen LogP contribution in [0.25, 0.3) is 0 Å². The predicted octanol–water partition coefficient (Wildman–Crippen LogP) is 1.28. The Morgan fingerprint density at radius 1 is 1.59 bits per heavy atom. The average molecular weight is 231 g/mol. The van der Waals surface area contributed by atoms with Crippen LogP contribution in [0, 0.1) is 12.3 Å². The molecule has 0 saturated heterocycles. The molecular weight excluding hydrogens is 214 g/mol. The molecule has 90 valence electrons. The van der Waals surface area contributed by atoms with Gasteiger partial charge in [-0.15, -0.1) is 12.3 Å². The van der Waals surface area contributed by atoms with Crippen LogP contribution >= 0.6 is 0 Å². The number of benzene rings is 1. The fraction of sp³-hybridized carbons (Fsp3) is 0.308. The first-order valence-electron chi connectivity index (χ1n) is 5.41. The first kappa shape index (κ1) is 13.1. The minimum absolute atomic E-state index is 0.118. The Bertz CT molecular complexity index is 435. The molecule has 1 rings (SSSR count). The van der Waals surface area contributed by atoms with E-state index in [0.29, 0.717) is 13.0 Å². The monoisotopic (exact) mass is 231 g/mol. The van der Waals surface area contributed by atoms with Gasteiger partial charge in [0.15, 0.2) is 5.84 Å². The molecule has 4 nitrogen and oxygen atoms in total. The summed E-state index contributed by atoms with van der Waals surface area (Å²) in [7, 11) is 0. The molecule has 0 amide bonds. The molecule has 0 saturated carbocycles. The third-order valence-electron chi connectivity index (χ3n) is 2.47. The van der Waals surface area contributed by atoms with Gasteiger partial charge in [0, 0.05) is 24.6 Å². The molecule has 4 heteroatoms. The molecule has 0 bridgehead atoms. The third kappa shape index (κ3) is 3.82. The normalized spacial score (nSPS) is 13.1. The minimum Gasteiger partial charge on any atom is -0.409 e. The lowest BCUT2D eigenvalue weighted by Gasteiger charge is -2.13. The number of nitrogens with one attached hydrogen (secondary N) is 1. The van der Waals surface area contributed by atoms with E-state index in [1.807, 2.05) is 31.2 Å². The Labute approximate surface area is 102 Å². The SMILES string of the molecule is C#CCC(C)NCc1ccccc1/C(N)=N/O. The molecule has 0 heterocycles. The maximum atomic E-state index is 8.69. The van der Waals surface area contributed by atoms with Gasteiger partial charge in [-0.05, 0) is 12.5 Å². The van der Waals surface area contributed by atoms with Crippen LogP contribution in [0.3, 0.4) is 0 Å². The predicted molar refractivity (Wildman–Crippen MR) is 68.7 cm³/mol. The summed E-state index contributed by atoms with van der Waals surface area (Å²) in [5.41, 5.74) is 7.31. The summed E-state index contributed by atoms with van der Waals surface area (Å²) >= 11 is 0. The smallest absolute Gasteiger partial charge is 0.170 e. The fourth-order valence-corrected chi connectivity index (χ4v) is 1.51. The highest BCUT2D eigenvalue weighted by Gasteiger charge is 2.07. The number of nitrogens with zero attached hydrogens (tertiary/aromatic N) is 1. The second kappa shape index (κ2) is 6.56. The van der Waals surface area contributed by atoms with E-state index in [-0.39, 0.29) is 11.9 Å². The first-order valence-corrected chi connectivity index (χ1v) is 5.41. The van der Waals surface area contributed by atoms with Crippen molar-refractivity contribution in [1.29, 1.82) is 0 Å². The van der Waals surface area contributed by atoms with Gasteiger partial charge >= 0.3 is 0 Å². The van der Waals surface area contributed by atoms with Gasteiger partial charge in [0.1, 0.15) is 0 Å². The summed E-state index contributed by atoms with van der Waals surface area (Å²) in [5, 5.41) is 15.0. The van der Waals surface area contributed by atoms with E-state index in [1.54, 1.807) is 0 Å². The summed E-state index contributed by atoms with van der Waals surface area (Å²) in [4.78, 5) is 0. The summed E-state index contributed by atoms with van der Waals surface area (Å²) in [5.74, 6) is 2.72. The van der Waals surface area contributed by atoms with Crippen LogP contribution in [0.1, 0.15) is 24.5 Å². The Hall–Kier alpha value is -1.99. The fourth-order valence-electron chi connectivity index (χ4n) is 1.51. The van der Waals surface area contributed by atoms with Crippen molar-refractivity contribution in [2.24, 2.45) is 10.9 Å². The Morgan fingerprint density at radius 2 is 2.29 bits per heavy atom. The van der Waals surface area contributed by atoms with Gasteiger partial charge in [0.05, 0.1) is 0 Å². The molecule has 0 radical (unpaired) electrons.